The monoisotopic (exact) mass is 330 g/mol. The molecule has 4 nitrogen and oxygen atoms in total. The Hall–Kier alpha value is -2.10. The number of esters is 2. The molecule has 0 heterocycles. The predicted molar refractivity (Wildman–Crippen MR) is 92.7 cm³/mol. The summed E-state index contributed by atoms with van der Waals surface area (Å²) in [6.07, 6.45) is 7.93. The van der Waals surface area contributed by atoms with Crippen molar-refractivity contribution in [1.82, 2.24) is 0 Å². The topological polar surface area (TPSA) is 52.6 Å². The summed E-state index contributed by atoms with van der Waals surface area (Å²) in [5.74, 6) is -0.00866. The molecule has 24 heavy (non-hydrogen) atoms. The average molecular weight is 330 g/mol. The molecule has 0 aliphatic heterocycles. The third-order valence-corrected chi connectivity index (χ3v) is 4.27. The minimum Gasteiger partial charge on any atom is -0.459 e. The second kappa shape index (κ2) is 9.26. The van der Waals surface area contributed by atoms with Gasteiger partial charge in [-0.1, -0.05) is 31.6 Å². The van der Waals surface area contributed by atoms with Crippen molar-refractivity contribution in [2.45, 2.75) is 58.5 Å². The Bertz CT molecular complexity index is 566. The van der Waals surface area contributed by atoms with Crippen LogP contribution in [0.5, 0.6) is 5.75 Å². The number of rotatable bonds is 6. The van der Waals surface area contributed by atoms with Gasteiger partial charge in [0.05, 0.1) is 5.92 Å². The van der Waals surface area contributed by atoms with Gasteiger partial charge in [-0.15, -0.1) is 0 Å². The van der Waals surface area contributed by atoms with Gasteiger partial charge in [-0.2, -0.15) is 0 Å². The fraction of sp³-hybridized carbons (Fsp3) is 0.500. The number of hydrogen-bond donors (Lipinski definition) is 0. The molecule has 2 rings (SSSR count). The Morgan fingerprint density at radius 1 is 1.12 bits per heavy atom. The lowest BCUT2D eigenvalue weighted by Crippen LogP contribution is -2.29. The lowest BCUT2D eigenvalue weighted by molar-refractivity contribution is -0.147. The Morgan fingerprint density at radius 2 is 1.79 bits per heavy atom. The lowest BCUT2D eigenvalue weighted by atomic mass is 9.87. The molecule has 1 aromatic rings. The normalized spacial score (nSPS) is 20.8. The molecule has 0 amide bonds. The van der Waals surface area contributed by atoms with Crippen molar-refractivity contribution in [1.29, 1.82) is 0 Å². The van der Waals surface area contributed by atoms with Crippen LogP contribution in [0.15, 0.2) is 36.4 Å². The van der Waals surface area contributed by atoms with Crippen molar-refractivity contribution in [3.05, 3.63) is 42.0 Å². The molecular formula is C20H26O4. The molecule has 1 aromatic carbocycles. The van der Waals surface area contributed by atoms with E-state index in [-0.39, 0.29) is 24.0 Å². The Kier molecular flexibility index (Phi) is 7.04. The van der Waals surface area contributed by atoms with Gasteiger partial charge < -0.3 is 9.47 Å². The maximum atomic E-state index is 12.3. The third kappa shape index (κ3) is 5.52. The van der Waals surface area contributed by atoms with E-state index in [0.717, 1.165) is 12.8 Å². The molecule has 1 aliphatic rings. The molecule has 1 fully saturated rings. The number of hydrogen-bond acceptors (Lipinski definition) is 4. The van der Waals surface area contributed by atoms with Gasteiger partial charge >= 0.3 is 11.9 Å². The third-order valence-electron chi connectivity index (χ3n) is 4.27. The molecule has 1 aliphatic carbocycles. The van der Waals surface area contributed by atoms with Crippen LogP contribution in [0, 0.1) is 5.92 Å². The summed E-state index contributed by atoms with van der Waals surface area (Å²) >= 11 is 0. The van der Waals surface area contributed by atoms with Crippen molar-refractivity contribution < 1.29 is 19.1 Å². The lowest BCUT2D eigenvalue weighted by Gasteiger charge is -2.26. The summed E-state index contributed by atoms with van der Waals surface area (Å²) in [6.45, 7) is 3.92. The number of benzene rings is 1. The molecule has 0 saturated heterocycles. The number of aryl methyl sites for hydroxylation is 1. The fourth-order valence-corrected chi connectivity index (χ4v) is 2.97. The highest BCUT2D eigenvalue weighted by atomic mass is 16.5. The van der Waals surface area contributed by atoms with Crippen LogP contribution < -0.4 is 4.74 Å². The van der Waals surface area contributed by atoms with Crippen molar-refractivity contribution in [3.8, 4) is 5.75 Å². The average Bonchev–Trinajstić information content (AvgIpc) is 2.57. The smallest absolute Gasteiger partial charge is 0.330 e. The molecule has 0 spiro atoms. The van der Waals surface area contributed by atoms with E-state index in [0.29, 0.717) is 31.4 Å². The quantitative estimate of drug-likeness (QED) is 0.445. The van der Waals surface area contributed by atoms with Crippen molar-refractivity contribution >= 4 is 11.9 Å². The summed E-state index contributed by atoms with van der Waals surface area (Å²) in [4.78, 5) is 23.7. The minimum absolute atomic E-state index is 0.0916. The van der Waals surface area contributed by atoms with Gasteiger partial charge in [-0.25, -0.2) is 4.79 Å². The van der Waals surface area contributed by atoms with Gasteiger partial charge in [-0.3, -0.25) is 4.79 Å². The molecule has 0 radical (unpaired) electrons. The van der Waals surface area contributed by atoms with E-state index in [1.807, 2.05) is 24.3 Å². The highest BCUT2D eigenvalue weighted by Crippen LogP contribution is 2.28. The zero-order valence-corrected chi connectivity index (χ0v) is 14.5. The van der Waals surface area contributed by atoms with Gasteiger partial charge in [-0.05, 0) is 56.7 Å². The standard InChI is InChI=1S/C20H26O4/c1-3-5-15-7-11-18(12-8-15)24-20(22)16-9-13-17(14-10-16)23-19(21)6-4-2/h4,6-8,11-12,16-17H,3,5,9-10,13-14H2,1-2H3/b6-4+. The van der Waals surface area contributed by atoms with E-state index in [9.17, 15) is 9.59 Å². The molecular weight excluding hydrogens is 304 g/mol. The number of ether oxygens (including phenoxy) is 2. The van der Waals surface area contributed by atoms with Crippen molar-refractivity contribution in [2.75, 3.05) is 0 Å². The summed E-state index contributed by atoms with van der Waals surface area (Å²) in [5.41, 5.74) is 1.25. The zero-order chi connectivity index (χ0) is 17.4. The molecule has 0 N–H and O–H groups in total. The molecule has 0 aromatic heterocycles. The maximum Gasteiger partial charge on any atom is 0.330 e. The van der Waals surface area contributed by atoms with Gasteiger partial charge in [0.15, 0.2) is 0 Å². The van der Waals surface area contributed by atoms with Crippen molar-refractivity contribution in [3.63, 3.8) is 0 Å². The molecule has 0 unspecified atom stereocenters. The zero-order valence-electron chi connectivity index (χ0n) is 14.5. The van der Waals surface area contributed by atoms with Gasteiger partial charge in [0.25, 0.3) is 0 Å². The summed E-state index contributed by atoms with van der Waals surface area (Å²) in [5, 5.41) is 0. The van der Waals surface area contributed by atoms with E-state index in [2.05, 4.69) is 6.92 Å². The molecule has 4 heteroatoms. The summed E-state index contributed by atoms with van der Waals surface area (Å²) < 4.78 is 10.8. The Labute approximate surface area is 143 Å². The summed E-state index contributed by atoms with van der Waals surface area (Å²) in [7, 11) is 0. The maximum absolute atomic E-state index is 12.3. The van der Waals surface area contributed by atoms with Crippen LogP contribution in [-0.4, -0.2) is 18.0 Å². The minimum atomic E-state index is -0.310. The van der Waals surface area contributed by atoms with Crippen molar-refractivity contribution in [2.24, 2.45) is 5.92 Å². The van der Waals surface area contributed by atoms with E-state index < -0.39 is 0 Å². The van der Waals surface area contributed by atoms with E-state index in [4.69, 9.17) is 9.47 Å². The van der Waals surface area contributed by atoms with E-state index in [1.54, 1.807) is 13.0 Å². The summed E-state index contributed by atoms with van der Waals surface area (Å²) in [6, 6.07) is 7.72. The van der Waals surface area contributed by atoms with Crippen LogP contribution in [0.2, 0.25) is 0 Å². The Morgan fingerprint density at radius 3 is 2.38 bits per heavy atom. The number of allylic oxidation sites excluding steroid dienone is 1. The van der Waals surface area contributed by atoms with Gasteiger partial charge in [0.1, 0.15) is 11.9 Å². The number of carbonyl (C=O) groups is 2. The largest absolute Gasteiger partial charge is 0.459 e. The van der Waals surface area contributed by atoms with Crippen LogP contribution in [0.1, 0.15) is 51.5 Å². The SMILES string of the molecule is C/C=C/C(=O)OC1CCC(C(=O)Oc2ccc(CCC)cc2)CC1. The van der Waals surface area contributed by atoms with Crippen LogP contribution in [-0.2, 0) is 20.7 Å². The molecule has 1 saturated carbocycles. The first kappa shape index (κ1) is 18.2. The van der Waals surface area contributed by atoms with Crippen LogP contribution in [0.4, 0.5) is 0 Å². The Balaban J connectivity index is 1.79. The molecule has 130 valence electrons. The highest BCUT2D eigenvalue weighted by Gasteiger charge is 2.29. The first-order valence-electron chi connectivity index (χ1n) is 8.76. The molecule has 0 atom stereocenters. The van der Waals surface area contributed by atoms with Crippen LogP contribution in [0.25, 0.3) is 0 Å². The first-order chi connectivity index (χ1) is 11.6. The predicted octanol–water partition coefficient (Wildman–Crippen LogP) is 4.22. The molecule has 0 bridgehead atoms. The van der Waals surface area contributed by atoms with Gasteiger partial charge in [0.2, 0.25) is 0 Å². The second-order valence-electron chi connectivity index (χ2n) is 6.23. The van der Waals surface area contributed by atoms with Crippen LogP contribution >= 0.6 is 0 Å². The number of carbonyl (C=O) groups excluding carboxylic acids is 2. The van der Waals surface area contributed by atoms with E-state index in [1.165, 1.54) is 11.6 Å². The van der Waals surface area contributed by atoms with Gasteiger partial charge in [0, 0.05) is 6.08 Å². The first-order valence-corrected chi connectivity index (χ1v) is 8.76. The van der Waals surface area contributed by atoms with E-state index >= 15 is 0 Å². The van der Waals surface area contributed by atoms with Crippen LogP contribution in [0.3, 0.4) is 0 Å². The fourth-order valence-electron chi connectivity index (χ4n) is 2.97. The highest BCUT2D eigenvalue weighted by molar-refractivity contribution is 5.82. The second-order valence-corrected chi connectivity index (χ2v) is 6.23.